The molecule has 0 spiro atoms. The van der Waals surface area contributed by atoms with Crippen LogP contribution in [-0.2, 0) is 22.7 Å². The minimum atomic E-state index is -0.427. The monoisotopic (exact) mass is 1030 g/mol. The molecule has 3 heterocycles. The molecule has 10 aromatic carbocycles. The Morgan fingerprint density at radius 3 is 1.39 bits per heavy atom. The zero-order valence-corrected chi connectivity index (χ0v) is 42.7. The summed E-state index contributed by atoms with van der Waals surface area (Å²) in [5.41, 5.74) is 12.1. The molecule has 0 aliphatic rings. The Labute approximate surface area is 459 Å². The molecule has 0 aliphatic heterocycles. The third kappa shape index (κ3) is 9.03. The Morgan fingerprint density at radius 2 is 0.850 bits per heavy atom. The molecule has 0 amide bonds. The van der Waals surface area contributed by atoms with E-state index in [9.17, 15) is 20.1 Å². The second kappa shape index (κ2) is 20.7. The summed E-state index contributed by atoms with van der Waals surface area (Å²) in [5.74, 6) is 0.161. The first-order chi connectivity index (χ1) is 39.4. The SMILES string of the molecule is N#Cc1ccc(-c2ccc(-n3c4ccccc4c4cc(C(=O)OCc5ccccc5)ccc43)cc2-c2nc(-c3ccccc3)nc(-c3cc(-n4c5ccccc5c5cc(C(=O)OCc6ccccc6)ccc54)ccc3C#N)n2)cc1. The Kier molecular flexibility index (Phi) is 12.5. The van der Waals surface area contributed by atoms with E-state index in [1.54, 1.807) is 30.3 Å². The van der Waals surface area contributed by atoms with Gasteiger partial charge in [-0.1, -0.05) is 146 Å². The maximum absolute atomic E-state index is 13.6. The van der Waals surface area contributed by atoms with Crippen LogP contribution in [0.25, 0.3) is 100 Å². The van der Waals surface area contributed by atoms with Crippen molar-refractivity contribution in [1.29, 1.82) is 10.5 Å². The molecular formula is C69H43N7O4. The molecule has 3 aromatic heterocycles. The highest BCUT2D eigenvalue weighted by Gasteiger charge is 2.23. The van der Waals surface area contributed by atoms with Crippen LogP contribution >= 0.6 is 0 Å². The lowest BCUT2D eigenvalue weighted by molar-refractivity contribution is 0.0464. The van der Waals surface area contributed by atoms with Crippen LogP contribution in [-0.4, -0.2) is 36.0 Å². The average Bonchev–Trinajstić information content (AvgIpc) is 4.15. The zero-order chi connectivity index (χ0) is 54.1. The van der Waals surface area contributed by atoms with E-state index < -0.39 is 11.9 Å². The summed E-state index contributed by atoms with van der Waals surface area (Å²) in [6.07, 6.45) is 0. The Balaban J connectivity index is 0.964. The zero-order valence-electron chi connectivity index (χ0n) is 42.7. The summed E-state index contributed by atoms with van der Waals surface area (Å²) in [6, 6.07) is 80.0. The molecule has 0 saturated heterocycles. The fourth-order valence-electron chi connectivity index (χ4n) is 10.5. The van der Waals surface area contributed by atoms with Crippen LogP contribution in [0.1, 0.15) is 43.0 Å². The molecule has 11 nitrogen and oxygen atoms in total. The normalized spacial score (nSPS) is 11.2. The van der Waals surface area contributed by atoms with Crippen LogP contribution in [0.15, 0.2) is 237 Å². The van der Waals surface area contributed by atoms with Crippen LogP contribution < -0.4 is 0 Å². The van der Waals surface area contributed by atoms with Crippen molar-refractivity contribution in [1.82, 2.24) is 24.1 Å². The summed E-state index contributed by atoms with van der Waals surface area (Å²) in [4.78, 5) is 42.8. The molecule has 0 atom stereocenters. The van der Waals surface area contributed by atoms with E-state index in [1.807, 2.05) is 194 Å². The summed E-state index contributed by atoms with van der Waals surface area (Å²) in [5, 5.41) is 24.3. The number of aromatic nitrogens is 5. The predicted octanol–water partition coefficient (Wildman–Crippen LogP) is 15.2. The second-order valence-corrected chi connectivity index (χ2v) is 19.2. The van der Waals surface area contributed by atoms with E-state index in [1.165, 1.54) is 0 Å². The third-order valence-corrected chi connectivity index (χ3v) is 14.4. The van der Waals surface area contributed by atoms with Gasteiger partial charge in [0.15, 0.2) is 17.5 Å². The quantitative estimate of drug-likeness (QED) is 0.109. The number of hydrogen-bond acceptors (Lipinski definition) is 9. The molecule has 0 unspecified atom stereocenters. The topological polar surface area (TPSA) is 149 Å². The van der Waals surface area contributed by atoms with Gasteiger partial charge < -0.3 is 18.6 Å². The summed E-state index contributed by atoms with van der Waals surface area (Å²) < 4.78 is 15.8. The van der Waals surface area contributed by atoms with Crippen LogP contribution in [0.3, 0.4) is 0 Å². The minimum absolute atomic E-state index is 0.152. The molecule has 0 radical (unpaired) electrons. The van der Waals surface area contributed by atoms with Crippen LogP contribution in [0, 0.1) is 22.7 Å². The summed E-state index contributed by atoms with van der Waals surface area (Å²) >= 11 is 0. The number of benzene rings is 10. The number of nitrogens with zero attached hydrogens (tertiary/aromatic N) is 7. The molecule has 0 aliphatic carbocycles. The maximum atomic E-state index is 13.6. The van der Waals surface area contributed by atoms with Crippen molar-refractivity contribution in [2.75, 3.05) is 0 Å². The van der Waals surface area contributed by atoms with E-state index in [2.05, 4.69) is 33.4 Å². The highest BCUT2D eigenvalue weighted by atomic mass is 16.5. The molecule has 80 heavy (non-hydrogen) atoms. The van der Waals surface area contributed by atoms with E-state index in [0.717, 1.165) is 82.8 Å². The largest absolute Gasteiger partial charge is 0.457 e. The first-order valence-corrected chi connectivity index (χ1v) is 25.9. The van der Waals surface area contributed by atoms with Crippen molar-refractivity contribution in [3.05, 3.63) is 270 Å². The number of esters is 2. The van der Waals surface area contributed by atoms with Gasteiger partial charge in [-0.3, -0.25) is 0 Å². The minimum Gasteiger partial charge on any atom is -0.457 e. The van der Waals surface area contributed by atoms with Gasteiger partial charge in [0.2, 0.25) is 0 Å². The highest BCUT2D eigenvalue weighted by molar-refractivity contribution is 6.12. The van der Waals surface area contributed by atoms with E-state index >= 15 is 0 Å². The summed E-state index contributed by atoms with van der Waals surface area (Å²) in [7, 11) is 0. The van der Waals surface area contributed by atoms with Gasteiger partial charge in [-0.2, -0.15) is 10.5 Å². The van der Waals surface area contributed by atoms with Crippen molar-refractivity contribution in [2.45, 2.75) is 13.2 Å². The van der Waals surface area contributed by atoms with Gasteiger partial charge >= 0.3 is 11.9 Å². The Hall–Kier alpha value is -11.3. The molecule has 0 fully saturated rings. The van der Waals surface area contributed by atoms with Crippen molar-refractivity contribution < 1.29 is 19.1 Å². The van der Waals surface area contributed by atoms with E-state index in [-0.39, 0.29) is 19.0 Å². The molecule has 378 valence electrons. The summed E-state index contributed by atoms with van der Waals surface area (Å²) in [6.45, 7) is 0.306. The van der Waals surface area contributed by atoms with Crippen molar-refractivity contribution in [3.63, 3.8) is 0 Å². The lowest BCUT2D eigenvalue weighted by Crippen LogP contribution is -2.05. The number of ether oxygens (including phenoxy) is 2. The van der Waals surface area contributed by atoms with Crippen LogP contribution in [0.2, 0.25) is 0 Å². The van der Waals surface area contributed by atoms with Gasteiger partial charge in [-0.25, -0.2) is 24.5 Å². The number of carbonyl (C=O) groups is 2. The predicted molar refractivity (Wildman–Crippen MR) is 311 cm³/mol. The lowest BCUT2D eigenvalue weighted by Gasteiger charge is -2.16. The van der Waals surface area contributed by atoms with Gasteiger partial charge in [0.1, 0.15) is 13.2 Å². The smallest absolute Gasteiger partial charge is 0.338 e. The number of para-hydroxylation sites is 2. The number of carbonyl (C=O) groups excluding carboxylic acids is 2. The number of rotatable bonds is 12. The average molecular weight is 1030 g/mol. The van der Waals surface area contributed by atoms with Crippen molar-refractivity contribution >= 4 is 55.6 Å². The van der Waals surface area contributed by atoms with Gasteiger partial charge in [0.05, 0.1) is 56.5 Å². The van der Waals surface area contributed by atoms with Crippen molar-refractivity contribution in [3.8, 4) is 68.8 Å². The standard InChI is InChI=1S/C69H43N7O4/c70-40-44-24-26-47(27-25-44)54-33-32-53(76-62-23-13-11-21-56(62)59-37-50(30-35-64(59)76)69(78)80-43-46-16-6-2-7-17-46)39-60(54)67-73-65(48-18-8-3-9-19-48)72-66(74-67)57-38-52(31-28-51(57)41-71)75-61-22-12-10-20-55(61)58-36-49(29-34-63(58)75)68(77)79-42-45-14-4-1-5-15-45/h1-39H,42-43H2. The molecule has 13 aromatic rings. The Morgan fingerprint density at radius 1 is 0.388 bits per heavy atom. The van der Waals surface area contributed by atoms with Crippen LogP contribution in [0.4, 0.5) is 0 Å². The molecule has 0 bridgehead atoms. The maximum Gasteiger partial charge on any atom is 0.338 e. The van der Waals surface area contributed by atoms with Gasteiger partial charge in [0, 0.05) is 49.6 Å². The van der Waals surface area contributed by atoms with E-state index in [4.69, 9.17) is 24.4 Å². The molecular weight excluding hydrogens is 991 g/mol. The first-order valence-electron chi connectivity index (χ1n) is 25.9. The van der Waals surface area contributed by atoms with Gasteiger partial charge in [-0.15, -0.1) is 0 Å². The fourth-order valence-corrected chi connectivity index (χ4v) is 10.5. The number of fused-ring (bicyclic) bond motifs is 6. The van der Waals surface area contributed by atoms with Gasteiger partial charge in [-0.05, 0) is 113 Å². The van der Waals surface area contributed by atoms with Crippen LogP contribution in [0.5, 0.6) is 0 Å². The van der Waals surface area contributed by atoms with E-state index in [0.29, 0.717) is 45.0 Å². The fraction of sp³-hybridized carbons (Fsp3) is 0.0290. The Bertz CT molecular complexity index is 4650. The second-order valence-electron chi connectivity index (χ2n) is 19.2. The molecule has 0 saturated carbocycles. The number of hydrogen-bond donors (Lipinski definition) is 0. The molecule has 0 N–H and O–H groups in total. The first kappa shape index (κ1) is 48.4. The third-order valence-electron chi connectivity index (χ3n) is 14.4. The van der Waals surface area contributed by atoms with Crippen molar-refractivity contribution in [2.24, 2.45) is 0 Å². The highest BCUT2D eigenvalue weighted by Crippen LogP contribution is 2.40. The number of nitriles is 2. The van der Waals surface area contributed by atoms with Gasteiger partial charge in [0.25, 0.3) is 0 Å². The molecule has 13 rings (SSSR count). The molecule has 11 heteroatoms. The lowest BCUT2D eigenvalue weighted by atomic mass is 9.97.